The molecule has 0 aliphatic carbocycles. The molecule has 1 heterocycles. The summed E-state index contributed by atoms with van der Waals surface area (Å²) in [4.78, 5) is 22.6. The van der Waals surface area contributed by atoms with E-state index in [1.807, 2.05) is 0 Å². The molecule has 1 N–H and O–H groups in total. The van der Waals surface area contributed by atoms with Gasteiger partial charge >= 0.3 is 5.97 Å². The third kappa shape index (κ3) is 2.45. The first-order chi connectivity index (χ1) is 7.99. The van der Waals surface area contributed by atoms with Gasteiger partial charge in [-0.2, -0.15) is 0 Å². The molecule has 1 aliphatic rings. The first-order valence-electron chi connectivity index (χ1n) is 4.94. The zero-order valence-corrected chi connectivity index (χ0v) is 11.3. The van der Waals surface area contributed by atoms with Gasteiger partial charge in [-0.15, -0.1) is 0 Å². The van der Waals surface area contributed by atoms with E-state index in [-0.39, 0.29) is 18.3 Å². The van der Waals surface area contributed by atoms with Gasteiger partial charge in [0.15, 0.2) is 5.75 Å². The van der Waals surface area contributed by atoms with Crippen LogP contribution in [0.2, 0.25) is 5.02 Å². The fourth-order valence-corrected chi connectivity index (χ4v) is 2.48. The number of amides is 1. The summed E-state index contributed by atoms with van der Waals surface area (Å²) in [6.07, 6.45) is 0.0861. The van der Waals surface area contributed by atoms with Crippen molar-refractivity contribution in [2.24, 2.45) is 0 Å². The Hall–Kier alpha value is -1.07. The van der Waals surface area contributed by atoms with E-state index in [2.05, 4.69) is 21.2 Å². The molecular formula is C11H9BrClNO3. The van der Waals surface area contributed by atoms with Crippen LogP contribution in [0.1, 0.15) is 24.9 Å². The number of fused-ring (bicyclic) bond motifs is 1. The number of carbonyl (C=O) groups excluding carboxylic acids is 2. The van der Waals surface area contributed by atoms with Crippen LogP contribution in [0.3, 0.4) is 0 Å². The second-order valence-corrected chi connectivity index (χ2v) is 4.96. The van der Waals surface area contributed by atoms with Gasteiger partial charge in [0.2, 0.25) is 5.91 Å². The van der Waals surface area contributed by atoms with Crippen LogP contribution in [-0.4, -0.2) is 11.9 Å². The minimum Gasteiger partial charge on any atom is -0.425 e. The maximum Gasteiger partial charge on any atom is 0.313 e. The lowest BCUT2D eigenvalue weighted by Gasteiger charge is -2.26. The van der Waals surface area contributed by atoms with Crippen molar-refractivity contribution in [3.63, 3.8) is 0 Å². The number of hydrogen-bond acceptors (Lipinski definition) is 3. The number of hydrogen-bond donors (Lipinski definition) is 1. The van der Waals surface area contributed by atoms with E-state index >= 15 is 0 Å². The summed E-state index contributed by atoms with van der Waals surface area (Å²) in [5, 5.41) is 3.16. The van der Waals surface area contributed by atoms with Crippen molar-refractivity contribution in [3.8, 4) is 5.75 Å². The Morgan fingerprint density at radius 2 is 2.29 bits per heavy atom. The van der Waals surface area contributed by atoms with Gasteiger partial charge in [-0.1, -0.05) is 11.6 Å². The highest BCUT2D eigenvalue weighted by Gasteiger charge is 2.31. The minimum absolute atomic E-state index is 0.0861. The number of nitrogens with one attached hydrogen (secondary N) is 1. The highest BCUT2D eigenvalue weighted by molar-refractivity contribution is 9.10. The van der Waals surface area contributed by atoms with Gasteiger partial charge in [-0.25, -0.2) is 0 Å². The van der Waals surface area contributed by atoms with Gasteiger partial charge in [-0.3, -0.25) is 9.59 Å². The van der Waals surface area contributed by atoms with Crippen LogP contribution in [-0.2, 0) is 9.59 Å². The predicted octanol–water partition coefficient (Wildman–Crippen LogP) is 2.59. The highest BCUT2D eigenvalue weighted by Crippen LogP contribution is 2.42. The summed E-state index contributed by atoms with van der Waals surface area (Å²) in [6.45, 7) is 1.39. The van der Waals surface area contributed by atoms with Crippen LogP contribution in [0.4, 0.5) is 0 Å². The van der Waals surface area contributed by atoms with Crippen molar-refractivity contribution >= 4 is 39.4 Å². The highest BCUT2D eigenvalue weighted by atomic mass is 79.9. The monoisotopic (exact) mass is 317 g/mol. The van der Waals surface area contributed by atoms with Gasteiger partial charge in [0.25, 0.3) is 0 Å². The summed E-state index contributed by atoms with van der Waals surface area (Å²) >= 11 is 9.37. The summed E-state index contributed by atoms with van der Waals surface area (Å²) < 4.78 is 5.77. The Kier molecular flexibility index (Phi) is 3.40. The van der Waals surface area contributed by atoms with Gasteiger partial charge in [0.05, 0.1) is 16.9 Å². The molecule has 90 valence electrons. The lowest BCUT2D eigenvalue weighted by Crippen LogP contribution is -2.33. The first-order valence-corrected chi connectivity index (χ1v) is 6.12. The molecule has 0 saturated heterocycles. The number of carbonyl (C=O) groups is 2. The minimum atomic E-state index is -0.436. The molecule has 0 spiro atoms. The van der Waals surface area contributed by atoms with Crippen molar-refractivity contribution in [1.82, 2.24) is 5.32 Å². The zero-order chi connectivity index (χ0) is 12.6. The molecule has 1 atom stereocenters. The summed E-state index contributed by atoms with van der Waals surface area (Å²) in [5.41, 5.74) is 0.635. The lowest BCUT2D eigenvalue weighted by molar-refractivity contribution is -0.136. The van der Waals surface area contributed by atoms with E-state index in [1.54, 1.807) is 12.1 Å². The normalized spacial score (nSPS) is 18.3. The van der Waals surface area contributed by atoms with E-state index in [4.69, 9.17) is 16.3 Å². The molecule has 1 aromatic rings. The standard InChI is InChI=1S/C11H9BrClNO3/c1-5(15)14-8-4-9(16)17-11-6(12)2-3-7(13)10(8)11/h2-3,8H,4H2,1H3,(H,14,15). The van der Waals surface area contributed by atoms with Crippen LogP contribution in [0.5, 0.6) is 5.75 Å². The van der Waals surface area contributed by atoms with Crippen molar-refractivity contribution in [2.75, 3.05) is 0 Å². The average Bonchev–Trinajstić information content (AvgIpc) is 2.22. The van der Waals surface area contributed by atoms with Crippen molar-refractivity contribution in [2.45, 2.75) is 19.4 Å². The van der Waals surface area contributed by atoms with Gasteiger partial charge in [0.1, 0.15) is 0 Å². The molecular weight excluding hydrogens is 309 g/mol. The summed E-state index contributed by atoms with van der Waals surface area (Å²) in [6, 6.07) is 2.96. The molecule has 0 radical (unpaired) electrons. The summed E-state index contributed by atoms with van der Waals surface area (Å²) in [7, 11) is 0. The number of rotatable bonds is 1. The number of benzene rings is 1. The Labute approximate surface area is 111 Å². The molecule has 2 rings (SSSR count). The molecule has 1 amide bonds. The second-order valence-electron chi connectivity index (χ2n) is 3.70. The quantitative estimate of drug-likeness (QED) is 0.639. The third-order valence-corrected chi connectivity index (χ3v) is 3.36. The van der Waals surface area contributed by atoms with E-state index in [1.165, 1.54) is 6.92 Å². The fraction of sp³-hybridized carbons (Fsp3) is 0.273. The van der Waals surface area contributed by atoms with Crippen LogP contribution in [0.25, 0.3) is 0 Å². The Morgan fingerprint density at radius 1 is 1.59 bits per heavy atom. The average molecular weight is 319 g/mol. The maximum atomic E-state index is 11.4. The third-order valence-electron chi connectivity index (χ3n) is 2.41. The Bertz CT molecular complexity index is 504. The predicted molar refractivity (Wildman–Crippen MR) is 66.0 cm³/mol. The smallest absolute Gasteiger partial charge is 0.313 e. The van der Waals surface area contributed by atoms with Crippen molar-refractivity contribution in [3.05, 3.63) is 27.2 Å². The van der Waals surface area contributed by atoms with E-state index in [0.29, 0.717) is 20.8 Å². The maximum absolute atomic E-state index is 11.4. The summed E-state index contributed by atoms with van der Waals surface area (Å²) in [5.74, 6) is -0.224. The molecule has 1 unspecified atom stereocenters. The van der Waals surface area contributed by atoms with E-state index < -0.39 is 6.04 Å². The van der Waals surface area contributed by atoms with Crippen LogP contribution >= 0.6 is 27.5 Å². The molecule has 1 aliphatic heterocycles. The molecule has 1 aromatic carbocycles. The number of ether oxygens (including phenoxy) is 1. The van der Waals surface area contributed by atoms with Gasteiger partial charge in [-0.05, 0) is 28.1 Å². The molecule has 0 fully saturated rings. The molecule has 6 heteroatoms. The van der Waals surface area contributed by atoms with Crippen LogP contribution in [0, 0.1) is 0 Å². The van der Waals surface area contributed by atoms with E-state index in [0.717, 1.165) is 0 Å². The van der Waals surface area contributed by atoms with Crippen molar-refractivity contribution < 1.29 is 14.3 Å². The fourth-order valence-electron chi connectivity index (χ4n) is 1.77. The zero-order valence-electron chi connectivity index (χ0n) is 8.92. The van der Waals surface area contributed by atoms with Gasteiger partial charge in [0, 0.05) is 17.5 Å². The molecule has 0 saturated carbocycles. The number of esters is 1. The number of halogens is 2. The molecule has 4 nitrogen and oxygen atoms in total. The molecule has 0 aromatic heterocycles. The molecule has 0 bridgehead atoms. The van der Waals surface area contributed by atoms with Gasteiger partial charge < -0.3 is 10.1 Å². The Morgan fingerprint density at radius 3 is 2.94 bits per heavy atom. The van der Waals surface area contributed by atoms with Crippen LogP contribution in [0.15, 0.2) is 16.6 Å². The first kappa shape index (κ1) is 12.4. The Balaban J connectivity index is 2.51. The van der Waals surface area contributed by atoms with E-state index in [9.17, 15) is 9.59 Å². The topological polar surface area (TPSA) is 55.4 Å². The largest absolute Gasteiger partial charge is 0.425 e. The van der Waals surface area contributed by atoms with Crippen molar-refractivity contribution in [1.29, 1.82) is 0 Å². The SMILES string of the molecule is CC(=O)NC1CC(=O)Oc2c(Br)ccc(Cl)c21. The second kappa shape index (κ2) is 4.66. The molecule has 17 heavy (non-hydrogen) atoms. The lowest BCUT2D eigenvalue weighted by atomic mass is 10.00. The van der Waals surface area contributed by atoms with Crippen LogP contribution < -0.4 is 10.1 Å².